The van der Waals surface area contributed by atoms with Crippen LogP contribution in [0.3, 0.4) is 0 Å². The van der Waals surface area contributed by atoms with Crippen LogP contribution in [-0.2, 0) is 4.79 Å². The van der Waals surface area contributed by atoms with E-state index in [4.69, 9.17) is 5.11 Å². The predicted octanol–water partition coefficient (Wildman–Crippen LogP) is 1.63. The zero-order chi connectivity index (χ0) is 14.0. The Morgan fingerprint density at radius 3 is 2.68 bits per heavy atom. The van der Waals surface area contributed by atoms with E-state index in [1.54, 1.807) is 19.1 Å². The molecule has 1 saturated heterocycles. The molecule has 1 amide bonds. The summed E-state index contributed by atoms with van der Waals surface area (Å²) in [6.45, 7) is 4.65. The van der Waals surface area contributed by atoms with Gasteiger partial charge in [0.1, 0.15) is 0 Å². The second-order valence-electron chi connectivity index (χ2n) is 4.96. The summed E-state index contributed by atoms with van der Waals surface area (Å²) in [5, 5.41) is 15.0. The molecule has 1 fully saturated rings. The molecule has 0 radical (unpaired) electrons. The van der Waals surface area contributed by atoms with Crippen LogP contribution in [-0.4, -0.2) is 29.6 Å². The summed E-state index contributed by atoms with van der Waals surface area (Å²) in [6.07, 6.45) is 0.833. The first-order valence-electron chi connectivity index (χ1n) is 6.37. The van der Waals surface area contributed by atoms with Crippen molar-refractivity contribution < 1.29 is 14.7 Å². The Morgan fingerprint density at radius 2 is 2.16 bits per heavy atom. The molecule has 3 N–H and O–H groups in total. The van der Waals surface area contributed by atoms with Gasteiger partial charge < -0.3 is 15.7 Å². The number of carbonyl (C=O) groups is 2. The van der Waals surface area contributed by atoms with Crippen LogP contribution in [0.25, 0.3) is 0 Å². The smallest absolute Gasteiger partial charge is 0.335 e. The van der Waals surface area contributed by atoms with Gasteiger partial charge in [-0.05, 0) is 50.6 Å². The van der Waals surface area contributed by atoms with E-state index in [2.05, 4.69) is 10.6 Å². The van der Waals surface area contributed by atoms with Crippen molar-refractivity contribution in [3.63, 3.8) is 0 Å². The lowest BCUT2D eigenvalue weighted by Crippen LogP contribution is -2.32. The molecule has 1 aliphatic heterocycles. The first-order valence-corrected chi connectivity index (χ1v) is 6.37. The van der Waals surface area contributed by atoms with E-state index in [9.17, 15) is 9.59 Å². The largest absolute Gasteiger partial charge is 0.478 e. The SMILES string of the molecule is Cc1cc(C(=O)O)ccc1NC(=O)C1CCNC1C. The first kappa shape index (κ1) is 13.5. The van der Waals surface area contributed by atoms with Gasteiger partial charge in [-0.1, -0.05) is 0 Å². The average Bonchev–Trinajstić information content (AvgIpc) is 2.77. The third kappa shape index (κ3) is 2.93. The van der Waals surface area contributed by atoms with Crippen molar-refractivity contribution in [2.24, 2.45) is 5.92 Å². The lowest BCUT2D eigenvalue weighted by atomic mass is 10.0. The number of rotatable bonds is 3. The minimum Gasteiger partial charge on any atom is -0.478 e. The Kier molecular flexibility index (Phi) is 3.85. The Morgan fingerprint density at radius 1 is 1.42 bits per heavy atom. The molecule has 0 spiro atoms. The molecule has 5 nitrogen and oxygen atoms in total. The first-order chi connectivity index (χ1) is 8.99. The van der Waals surface area contributed by atoms with E-state index in [-0.39, 0.29) is 23.4 Å². The number of anilines is 1. The molecule has 2 rings (SSSR count). The minimum atomic E-state index is -0.963. The summed E-state index contributed by atoms with van der Waals surface area (Å²) < 4.78 is 0. The van der Waals surface area contributed by atoms with Gasteiger partial charge in [-0.3, -0.25) is 4.79 Å². The number of hydrogen-bond acceptors (Lipinski definition) is 3. The molecular formula is C14H18N2O3. The molecule has 1 aromatic carbocycles. The normalized spacial score (nSPS) is 22.2. The number of carbonyl (C=O) groups excluding carboxylic acids is 1. The molecule has 0 aromatic heterocycles. The number of hydrogen-bond donors (Lipinski definition) is 3. The molecule has 0 saturated carbocycles. The van der Waals surface area contributed by atoms with E-state index >= 15 is 0 Å². The zero-order valence-corrected chi connectivity index (χ0v) is 11.1. The van der Waals surface area contributed by atoms with Crippen LogP contribution in [0, 0.1) is 12.8 Å². The number of nitrogens with one attached hydrogen (secondary N) is 2. The van der Waals surface area contributed by atoms with Crippen LogP contribution >= 0.6 is 0 Å². The minimum absolute atomic E-state index is 0.0105. The van der Waals surface area contributed by atoms with Gasteiger partial charge in [0, 0.05) is 11.7 Å². The second-order valence-corrected chi connectivity index (χ2v) is 4.96. The van der Waals surface area contributed by atoms with Gasteiger partial charge in [0.2, 0.25) is 5.91 Å². The van der Waals surface area contributed by atoms with Gasteiger partial charge in [-0.2, -0.15) is 0 Å². The molecule has 5 heteroatoms. The Bertz CT molecular complexity index is 513. The third-order valence-electron chi connectivity index (χ3n) is 3.59. The van der Waals surface area contributed by atoms with Crippen LogP contribution in [0.15, 0.2) is 18.2 Å². The van der Waals surface area contributed by atoms with Crippen LogP contribution in [0.2, 0.25) is 0 Å². The Balaban J connectivity index is 2.11. The van der Waals surface area contributed by atoms with Crippen molar-refractivity contribution in [2.75, 3.05) is 11.9 Å². The van der Waals surface area contributed by atoms with Crippen LogP contribution < -0.4 is 10.6 Å². The summed E-state index contributed by atoms with van der Waals surface area (Å²) in [5.74, 6) is -1.00. The van der Waals surface area contributed by atoms with Crippen molar-refractivity contribution in [3.05, 3.63) is 29.3 Å². The summed E-state index contributed by atoms with van der Waals surface area (Å²) in [7, 11) is 0. The van der Waals surface area contributed by atoms with Gasteiger partial charge in [-0.15, -0.1) is 0 Å². The van der Waals surface area contributed by atoms with Crippen LogP contribution in [0.4, 0.5) is 5.69 Å². The van der Waals surface area contributed by atoms with Gasteiger partial charge in [0.15, 0.2) is 0 Å². The molecule has 1 aromatic rings. The highest BCUT2D eigenvalue weighted by atomic mass is 16.4. The molecule has 1 heterocycles. The summed E-state index contributed by atoms with van der Waals surface area (Å²) in [5.41, 5.74) is 1.66. The quantitative estimate of drug-likeness (QED) is 0.773. The maximum Gasteiger partial charge on any atom is 0.335 e. The van der Waals surface area contributed by atoms with Gasteiger partial charge >= 0.3 is 5.97 Å². The standard InChI is InChI=1S/C14H18N2O3/c1-8-7-10(14(18)19)3-4-12(8)16-13(17)11-5-6-15-9(11)2/h3-4,7,9,11,15H,5-6H2,1-2H3,(H,16,17)(H,18,19). The predicted molar refractivity (Wildman–Crippen MR) is 72.3 cm³/mol. The summed E-state index contributed by atoms with van der Waals surface area (Å²) >= 11 is 0. The fourth-order valence-electron chi connectivity index (χ4n) is 2.38. The van der Waals surface area contributed by atoms with Crippen molar-refractivity contribution in [1.82, 2.24) is 5.32 Å². The number of aryl methyl sites for hydroxylation is 1. The number of carboxylic acids is 1. The second kappa shape index (κ2) is 5.40. The highest BCUT2D eigenvalue weighted by molar-refractivity contribution is 5.95. The van der Waals surface area contributed by atoms with E-state index in [1.807, 2.05) is 6.92 Å². The Hall–Kier alpha value is -1.88. The molecule has 2 atom stereocenters. The van der Waals surface area contributed by atoms with E-state index in [0.29, 0.717) is 5.69 Å². The van der Waals surface area contributed by atoms with Crippen LogP contribution in [0.5, 0.6) is 0 Å². The van der Waals surface area contributed by atoms with Crippen LogP contribution in [0.1, 0.15) is 29.3 Å². The molecule has 0 bridgehead atoms. The monoisotopic (exact) mass is 262 g/mol. The maximum absolute atomic E-state index is 12.1. The lowest BCUT2D eigenvalue weighted by Gasteiger charge is -2.16. The van der Waals surface area contributed by atoms with Gasteiger partial charge in [0.25, 0.3) is 0 Å². The van der Waals surface area contributed by atoms with E-state index in [1.165, 1.54) is 6.07 Å². The number of amides is 1. The van der Waals surface area contributed by atoms with Crippen molar-refractivity contribution in [3.8, 4) is 0 Å². The molecule has 1 aliphatic rings. The molecule has 2 unspecified atom stereocenters. The highest BCUT2D eigenvalue weighted by Gasteiger charge is 2.29. The Labute approximate surface area is 112 Å². The number of aromatic carboxylic acids is 1. The molecule has 19 heavy (non-hydrogen) atoms. The summed E-state index contributed by atoms with van der Waals surface area (Å²) in [4.78, 5) is 23.0. The fourth-order valence-corrected chi connectivity index (χ4v) is 2.38. The van der Waals surface area contributed by atoms with E-state index < -0.39 is 5.97 Å². The van der Waals surface area contributed by atoms with Crippen molar-refractivity contribution in [1.29, 1.82) is 0 Å². The zero-order valence-electron chi connectivity index (χ0n) is 11.1. The summed E-state index contributed by atoms with van der Waals surface area (Å²) in [6, 6.07) is 4.89. The third-order valence-corrected chi connectivity index (χ3v) is 3.59. The number of carboxylic acid groups (broad SMARTS) is 1. The van der Waals surface area contributed by atoms with Crippen molar-refractivity contribution >= 4 is 17.6 Å². The maximum atomic E-state index is 12.1. The van der Waals surface area contributed by atoms with Crippen molar-refractivity contribution in [2.45, 2.75) is 26.3 Å². The fraction of sp³-hybridized carbons (Fsp3) is 0.429. The van der Waals surface area contributed by atoms with Gasteiger partial charge in [0.05, 0.1) is 11.5 Å². The highest BCUT2D eigenvalue weighted by Crippen LogP contribution is 2.21. The van der Waals surface area contributed by atoms with Gasteiger partial charge in [-0.25, -0.2) is 4.79 Å². The lowest BCUT2D eigenvalue weighted by molar-refractivity contribution is -0.120. The number of benzene rings is 1. The molecular weight excluding hydrogens is 244 g/mol. The average molecular weight is 262 g/mol. The topological polar surface area (TPSA) is 78.4 Å². The van der Waals surface area contributed by atoms with E-state index in [0.717, 1.165) is 18.5 Å². The molecule has 102 valence electrons. The molecule has 0 aliphatic carbocycles.